The Labute approximate surface area is 154 Å². The van der Waals surface area contributed by atoms with Gasteiger partial charge in [-0.05, 0) is 56.3 Å². The molecule has 2 rings (SSSR count). The minimum atomic E-state index is -0.235. The summed E-state index contributed by atoms with van der Waals surface area (Å²) in [6.45, 7) is 9.63. The third kappa shape index (κ3) is 5.28. The minimum absolute atomic E-state index is 0.0547. The largest absolute Gasteiger partial charge is 0.466 e. The molecule has 6 heteroatoms. The highest BCUT2D eigenvalue weighted by Gasteiger charge is 2.29. The molecular weight excluding hydrogens is 336 g/mol. The van der Waals surface area contributed by atoms with Crippen molar-refractivity contribution in [3.63, 3.8) is 0 Å². The number of amides is 1. The van der Waals surface area contributed by atoms with Crippen LogP contribution < -0.4 is 0 Å². The predicted octanol–water partition coefficient (Wildman–Crippen LogP) is 3.19. The first-order chi connectivity index (χ1) is 12.1. The number of rotatable bonds is 9. The zero-order chi connectivity index (χ0) is 18.2. The number of ether oxygens (including phenoxy) is 1. The summed E-state index contributed by atoms with van der Waals surface area (Å²) in [5.74, 6) is -0.180. The van der Waals surface area contributed by atoms with Crippen LogP contribution in [0.25, 0.3) is 0 Å². The number of likely N-dealkylation sites (N-methyl/N-ethyl adjacent to an activating group) is 1. The normalized spacial score (nSPS) is 17.6. The molecule has 1 saturated heterocycles. The SMILES string of the molecule is CCOC(=O)CCN(CC1CCCN1CC)C(=O)c1sccc1CC. The van der Waals surface area contributed by atoms with Crippen LogP contribution >= 0.6 is 11.3 Å². The van der Waals surface area contributed by atoms with Gasteiger partial charge in [-0.2, -0.15) is 0 Å². The Morgan fingerprint density at radius 3 is 2.84 bits per heavy atom. The van der Waals surface area contributed by atoms with Crippen molar-refractivity contribution in [2.24, 2.45) is 0 Å². The smallest absolute Gasteiger partial charge is 0.307 e. The lowest BCUT2D eigenvalue weighted by atomic mass is 10.1. The van der Waals surface area contributed by atoms with E-state index in [9.17, 15) is 9.59 Å². The van der Waals surface area contributed by atoms with E-state index >= 15 is 0 Å². The maximum absolute atomic E-state index is 13.1. The molecule has 0 radical (unpaired) electrons. The first-order valence-electron chi connectivity index (χ1n) is 9.35. The van der Waals surface area contributed by atoms with Gasteiger partial charge in [0.1, 0.15) is 0 Å². The molecule has 2 heterocycles. The standard InChI is InChI=1S/C19H30N2O3S/c1-4-15-10-13-25-18(15)19(23)21(12-9-17(22)24-6-3)14-16-8-7-11-20(16)5-2/h10,13,16H,4-9,11-12,14H2,1-3H3. The molecule has 1 aromatic heterocycles. The molecule has 1 aliphatic rings. The molecule has 0 N–H and O–H groups in total. The van der Waals surface area contributed by atoms with E-state index in [-0.39, 0.29) is 18.3 Å². The maximum atomic E-state index is 13.1. The molecule has 25 heavy (non-hydrogen) atoms. The van der Waals surface area contributed by atoms with Crippen molar-refractivity contribution < 1.29 is 14.3 Å². The number of nitrogens with zero attached hydrogens (tertiary/aromatic N) is 2. The molecule has 1 fully saturated rings. The first kappa shape index (κ1) is 19.9. The number of esters is 1. The summed E-state index contributed by atoms with van der Waals surface area (Å²) in [7, 11) is 0. The molecule has 1 unspecified atom stereocenters. The van der Waals surface area contributed by atoms with E-state index in [1.54, 1.807) is 6.92 Å². The lowest BCUT2D eigenvalue weighted by molar-refractivity contribution is -0.143. The van der Waals surface area contributed by atoms with E-state index in [0.717, 1.165) is 36.4 Å². The summed E-state index contributed by atoms with van der Waals surface area (Å²) in [4.78, 5) is 30.0. The van der Waals surface area contributed by atoms with Crippen molar-refractivity contribution in [3.05, 3.63) is 21.9 Å². The van der Waals surface area contributed by atoms with Crippen molar-refractivity contribution in [1.82, 2.24) is 9.80 Å². The average Bonchev–Trinajstić information content (AvgIpc) is 3.26. The molecule has 140 valence electrons. The zero-order valence-corrected chi connectivity index (χ0v) is 16.4. The van der Waals surface area contributed by atoms with E-state index in [1.807, 2.05) is 16.3 Å². The fourth-order valence-corrected chi connectivity index (χ4v) is 4.42. The lowest BCUT2D eigenvalue weighted by Crippen LogP contribution is -2.44. The summed E-state index contributed by atoms with van der Waals surface area (Å²) in [5.41, 5.74) is 1.09. The molecule has 1 aromatic rings. The molecule has 5 nitrogen and oxygen atoms in total. The van der Waals surface area contributed by atoms with E-state index in [4.69, 9.17) is 4.74 Å². The van der Waals surface area contributed by atoms with Gasteiger partial charge in [-0.1, -0.05) is 13.8 Å². The monoisotopic (exact) mass is 366 g/mol. The fourth-order valence-electron chi connectivity index (χ4n) is 3.45. The average molecular weight is 367 g/mol. The quantitative estimate of drug-likeness (QED) is 0.630. The van der Waals surface area contributed by atoms with Gasteiger partial charge in [-0.3, -0.25) is 14.5 Å². The van der Waals surface area contributed by atoms with Crippen molar-refractivity contribution in [1.29, 1.82) is 0 Å². The molecule has 1 amide bonds. The van der Waals surface area contributed by atoms with E-state index < -0.39 is 0 Å². The maximum Gasteiger partial charge on any atom is 0.307 e. The van der Waals surface area contributed by atoms with Gasteiger partial charge >= 0.3 is 5.97 Å². The Morgan fingerprint density at radius 1 is 1.36 bits per heavy atom. The van der Waals surface area contributed by atoms with Crippen molar-refractivity contribution in [2.75, 3.05) is 32.8 Å². The van der Waals surface area contributed by atoms with Crippen molar-refractivity contribution in [2.45, 2.75) is 52.5 Å². The van der Waals surface area contributed by atoms with Crippen LogP contribution in [0.2, 0.25) is 0 Å². The second-order valence-electron chi connectivity index (χ2n) is 6.36. The van der Waals surface area contributed by atoms with Gasteiger partial charge in [0, 0.05) is 19.1 Å². The number of aryl methyl sites for hydroxylation is 1. The summed E-state index contributed by atoms with van der Waals surface area (Å²) in [6, 6.07) is 2.41. The number of hydrogen-bond acceptors (Lipinski definition) is 5. The molecule has 0 aliphatic carbocycles. The van der Waals surface area contributed by atoms with Crippen LogP contribution in [-0.4, -0.2) is 60.5 Å². The summed E-state index contributed by atoms with van der Waals surface area (Å²) in [5, 5.41) is 1.98. The highest BCUT2D eigenvalue weighted by molar-refractivity contribution is 7.12. The van der Waals surface area contributed by atoms with Crippen LogP contribution in [0.5, 0.6) is 0 Å². The van der Waals surface area contributed by atoms with Crippen LogP contribution in [0.1, 0.15) is 55.3 Å². The van der Waals surface area contributed by atoms with Gasteiger partial charge in [0.2, 0.25) is 0 Å². The second-order valence-corrected chi connectivity index (χ2v) is 7.28. The summed E-state index contributed by atoms with van der Waals surface area (Å²) in [6.07, 6.45) is 3.39. The third-order valence-corrected chi connectivity index (χ3v) is 5.78. The Balaban J connectivity index is 2.10. The van der Waals surface area contributed by atoms with Crippen LogP contribution in [0.3, 0.4) is 0 Å². The van der Waals surface area contributed by atoms with E-state index in [0.29, 0.717) is 25.7 Å². The highest BCUT2D eigenvalue weighted by Crippen LogP contribution is 2.23. The molecule has 1 atom stereocenters. The zero-order valence-electron chi connectivity index (χ0n) is 15.6. The van der Waals surface area contributed by atoms with Crippen LogP contribution in [-0.2, 0) is 16.0 Å². The minimum Gasteiger partial charge on any atom is -0.466 e. The molecule has 0 saturated carbocycles. The van der Waals surface area contributed by atoms with E-state index in [2.05, 4.69) is 18.7 Å². The molecule has 0 bridgehead atoms. The Kier molecular flexibility index (Phi) is 7.90. The Morgan fingerprint density at radius 2 is 2.16 bits per heavy atom. The number of thiophene rings is 1. The summed E-state index contributed by atoms with van der Waals surface area (Å²) >= 11 is 1.50. The number of carbonyl (C=O) groups excluding carboxylic acids is 2. The van der Waals surface area contributed by atoms with Gasteiger partial charge in [0.25, 0.3) is 5.91 Å². The number of likely N-dealkylation sites (tertiary alicyclic amines) is 1. The van der Waals surface area contributed by atoms with Gasteiger partial charge in [0.05, 0.1) is 17.9 Å². The highest BCUT2D eigenvalue weighted by atomic mass is 32.1. The van der Waals surface area contributed by atoms with Gasteiger partial charge in [0.15, 0.2) is 0 Å². The lowest BCUT2D eigenvalue weighted by Gasteiger charge is -2.30. The van der Waals surface area contributed by atoms with Gasteiger partial charge in [-0.15, -0.1) is 11.3 Å². The van der Waals surface area contributed by atoms with Gasteiger partial charge in [-0.25, -0.2) is 0 Å². The summed E-state index contributed by atoms with van der Waals surface area (Å²) < 4.78 is 5.04. The van der Waals surface area contributed by atoms with Crippen LogP contribution in [0.15, 0.2) is 11.4 Å². The first-order valence-corrected chi connectivity index (χ1v) is 10.2. The molecule has 0 aromatic carbocycles. The molecule has 1 aliphatic heterocycles. The molecule has 0 spiro atoms. The third-order valence-electron chi connectivity index (χ3n) is 4.84. The Hall–Kier alpha value is -1.40. The number of carbonyl (C=O) groups is 2. The van der Waals surface area contributed by atoms with Crippen LogP contribution in [0.4, 0.5) is 0 Å². The van der Waals surface area contributed by atoms with Gasteiger partial charge < -0.3 is 9.64 Å². The molecular formula is C19H30N2O3S. The second kappa shape index (κ2) is 9.92. The van der Waals surface area contributed by atoms with Crippen molar-refractivity contribution >= 4 is 23.2 Å². The fraction of sp³-hybridized carbons (Fsp3) is 0.684. The Bertz CT molecular complexity index is 573. The number of hydrogen-bond donors (Lipinski definition) is 0. The van der Waals surface area contributed by atoms with Crippen LogP contribution in [0, 0.1) is 0 Å². The topological polar surface area (TPSA) is 49.9 Å². The van der Waals surface area contributed by atoms with E-state index in [1.165, 1.54) is 17.8 Å². The van der Waals surface area contributed by atoms with Crippen molar-refractivity contribution in [3.8, 4) is 0 Å². The predicted molar refractivity (Wildman–Crippen MR) is 101 cm³/mol.